The number of hydrogen-bond acceptors (Lipinski definition) is 4. The van der Waals surface area contributed by atoms with Gasteiger partial charge in [-0.05, 0) is 43.7 Å². The molecule has 1 aliphatic heterocycles. The number of nitrogens with zero attached hydrogens (tertiary/aromatic N) is 1. The lowest BCUT2D eigenvalue weighted by atomic mass is 9.92. The highest BCUT2D eigenvalue weighted by molar-refractivity contribution is 5.91. The number of carbonyl (C=O) groups is 3. The van der Waals surface area contributed by atoms with Crippen molar-refractivity contribution in [2.24, 2.45) is 11.8 Å². The molecule has 1 aromatic carbocycles. The molecule has 186 valence electrons. The van der Waals surface area contributed by atoms with Gasteiger partial charge in [0.2, 0.25) is 11.8 Å². The van der Waals surface area contributed by atoms with Crippen molar-refractivity contribution in [2.45, 2.75) is 78.3 Å². The standard InChI is InChI=1S/C27H39N3O4/c1-4-34-25(31)17-20(15-19(2)3)26(32)29-23-16-21-18-30(24-12-8-7-11-22(21)24)14-10-6-5-9-13-28-27(23)33/h7-8,11-12,18-20,23H,4-6,9-10,13-17H2,1-3H3,(H,28,33)(H,29,32)/t20-,23?/m1/s1. The van der Waals surface area contributed by atoms with Gasteiger partial charge in [-0.25, -0.2) is 0 Å². The molecule has 2 bridgehead atoms. The molecular formula is C27H39N3O4. The topological polar surface area (TPSA) is 89.4 Å². The zero-order valence-electron chi connectivity index (χ0n) is 20.8. The van der Waals surface area contributed by atoms with Gasteiger partial charge >= 0.3 is 5.97 Å². The van der Waals surface area contributed by atoms with E-state index in [4.69, 9.17) is 4.74 Å². The molecule has 2 N–H and O–H groups in total. The largest absolute Gasteiger partial charge is 0.466 e. The number of aryl methyl sites for hydroxylation is 1. The van der Waals surface area contributed by atoms with E-state index in [2.05, 4.69) is 33.5 Å². The summed E-state index contributed by atoms with van der Waals surface area (Å²) in [7, 11) is 0. The fourth-order valence-corrected chi connectivity index (χ4v) is 4.76. The molecule has 0 fully saturated rings. The predicted octanol–water partition coefficient (Wildman–Crippen LogP) is 3.97. The van der Waals surface area contributed by atoms with Crippen molar-refractivity contribution in [3.63, 3.8) is 0 Å². The van der Waals surface area contributed by atoms with Crippen molar-refractivity contribution in [1.29, 1.82) is 0 Å². The van der Waals surface area contributed by atoms with E-state index < -0.39 is 12.0 Å². The predicted molar refractivity (Wildman–Crippen MR) is 133 cm³/mol. The minimum absolute atomic E-state index is 0.0193. The Morgan fingerprint density at radius 1 is 1.18 bits per heavy atom. The molecule has 0 aliphatic carbocycles. The number of carbonyl (C=O) groups excluding carboxylic acids is 3. The molecule has 2 heterocycles. The Kier molecular flexibility index (Phi) is 9.54. The van der Waals surface area contributed by atoms with Crippen LogP contribution < -0.4 is 10.6 Å². The molecule has 2 amide bonds. The highest BCUT2D eigenvalue weighted by atomic mass is 16.5. The first-order chi connectivity index (χ1) is 16.4. The van der Waals surface area contributed by atoms with Crippen molar-refractivity contribution >= 4 is 28.7 Å². The fraction of sp³-hybridized carbons (Fsp3) is 0.593. The number of hydrogen-bond donors (Lipinski definition) is 2. The van der Waals surface area contributed by atoms with Crippen molar-refractivity contribution in [2.75, 3.05) is 13.2 Å². The van der Waals surface area contributed by atoms with Gasteiger partial charge in [0.25, 0.3) is 0 Å². The summed E-state index contributed by atoms with van der Waals surface area (Å²) in [6.45, 7) is 7.61. The van der Waals surface area contributed by atoms with E-state index in [-0.39, 0.29) is 36.7 Å². The number of amides is 2. The number of para-hydroxylation sites is 1. The van der Waals surface area contributed by atoms with Crippen LogP contribution in [-0.2, 0) is 32.1 Å². The number of aromatic nitrogens is 1. The van der Waals surface area contributed by atoms with Gasteiger partial charge in [0.1, 0.15) is 6.04 Å². The summed E-state index contributed by atoms with van der Waals surface area (Å²) in [4.78, 5) is 38.6. The van der Waals surface area contributed by atoms with Crippen LogP contribution in [0.1, 0.15) is 64.9 Å². The molecule has 34 heavy (non-hydrogen) atoms. The van der Waals surface area contributed by atoms with Crippen molar-refractivity contribution < 1.29 is 19.1 Å². The maximum atomic E-state index is 13.3. The second-order valence-corrected chi connectivity index (χ2v) is 9.67. The molecule has 7 heteroatoms. The van der Waals surface area contributed by atoms with Gasteiger partial charge in [0.15, 0.2) is 0 Å². The maximum Gasteiger partial charge on any atom is 0.306 e. The van der Waals surface area contributed by atoms with Gasteiger partial charge in [0.05, 0.1) is 13.0 Å². The van der Waals surface area contributed by atoms with E-state index >= 15 is 0 Å². The molecule has 1 aliphatic rings. The molecule has 0 saturated carbocycles. The third-order valence-electron chi connectivity index (χ3n) is 6.40. The van der Waals surface area contributed by atoms with Crippen LogP contribution in [-0.4, -0.2) is 41.5 Å². The summed E-state index contributed by atoms with van der Waals surface area (Å²) >= 11 is 0. The Bertz CT molecular complexity index is 981. The summed E-state index contributed by atoms with van der Waals surface area (Å²) in [5.74, 6) is -1.13. The average Bonchev–Trinajstić information content (AvgIpc) is 3.14. The van der Waals surface area contributed by atoms with E-state index in [0.717, 1.165) is 48.7 Å². The summed E-state index contributed by atoms with van der Waals surface area (Å²) < 4.78 is 7.35. The zero-order chi connectivity index (χ0) is 24.5. The van der Waals surface area contributed by atoms with E-state index in [1.54, 1.807) is 6.92 Å². The van der Waals surface area contributed by atoms with Gasteiger partial charge in [-0.3, -0.25) is 14.4 Å². The Balaban J connectivity index is 1.86. The van der Waals surface area contributed by atoms with Crippen LogP contribution >= 0.6 is 0 Å². The van der Waals surface area contributed by atoms with Crippen molar-refractivity contribution in [3.8, 4) is 0 Å². The van der Waals surface area contributed by atoms with Crippen LogP contribution in [0.25, 0.3) is 10.9 Å². The minimum Gasteiger partial charge on any atom is -0.466 e. The first-order valence-corrected chi connectivity index (χ1v) is 12.7. The van der Waals surface area contributed by atoms with Gasteiger partial charge in [-0.1, -0.05) is 44.9 Å². The Labute approximate surface area is 202 Å². The second-order valence-electron chi connectivity index (χ2n) is 9.67. The van der Waals surface area contributed by atoms with Crippen LogP contribution in [0.5, 0.6) is 0 Å². The summed E-state index contributed by atoms with van der Waals surface area (Å²) in [5, 5.41) is 7.11. The zero-order valence-corrected chi connectivity index (χ0v) is 20.8. The number of esters is 1. The molecule has 0 radical (unpaired) electrons. The quantitative estimate of drug-likeness (QED) is 0.601. The van der Waals surface area contributed by atoms with Gasteiger partial charge in [-0.15, -0.1) is 0 Å². The van der Waals surface area contributed by atoms with Gasteiger partial charge in [0, 0.05) is 42.5 Å². The molecule has 7 nitrogen and oxygen atoms in total. The smallest absolute Gasteiger partial charge is 0.306 e. The fourth-order valence-electron chi connectivity index (χ4n) is 4.76. The summed E-state index contributed by atoms with van der Waals surface area (Å²) in [6.07, 6.45) is 7.28. The molecule has 1 aromatic heterocycles. The van der Waals surface area contributed by atoms with Crippen LogP contribution in [0.15, 0.2) is 30.5 Å². The average molecular weight is 470 g/mol. The van der Waals surface area contributed by atoms with Crippen molar-refractivity contribution in [1.82, 2.24) is 15.2 Å². The van der Waals surface area contributed by atoms with E-state index in [1.165, 1.54) is 0 Å². The summed E-state index contributed by atoms with van der Waals surface area (Å²) in [6, 6.07) is 7.52. The van der Waals surface area contributed by atoms with Crippen LogP contribution in [0.2, 0.25) is 0 Å². The molecule has 2 atom stereocenters. The maximum absolute atomic E-state index is 13.3. The van der Waals surface area contributed by atoms with E-state index in [0.29, 0.717) is 19.4 Å². The lowest BCUT2D eigenvalue weighted by Gasteiger charge is -2.23. The number of benzene rings is 1. The third-order valence-corrected chi connectivity index (χ3v) is 6.40. The van der Waals surface area contributed by atoms with E-state index in [1.807, 2.05) is 26.0 Å². The monoisotopic (exact) mass is 469 g/mol. The normalized spacial score (nSPS) is 18.4. The van der Waals surface area contributed by atoms with Gasteiger partial charge in [-0.2, -0.15) is 0 Å². The molecule has 3 rings (SSSR count). The lowest BCUT2D eigenvalue weighted by Crippen LogP contribution is -2.50. The van der Waals surface area contributed by atoms with Crippen LogP contribution in [0.3, 0.4) is 0 Å². The van der Waals surface area contributed by atoms with Crippen molar-refractivity contribution in [3.05, 3.63) is 36.0 Å². The molecule has 0 spiro atoms. The Morgan fingerprint density at radius 2 is 1.94 bits per heavy atom. The first-order valence-electron chi connectivity index (χ1n) is 12.7. The number of rotatable bonds is 7. The van der Waals surface area contributed by atoms with Crippen LogP contribution in [0, 0.1) is 11.8 Å². The highest BCUT2D eigenvalue weighted by Gasteiger charge is 2.29. The lowest BCUT2D eigenvalue weighted by molar-refractivity contribution is -0.146. The Morgan fingerprint density at radius 3 is 2.71 bits per heavy atom. The number of fused-ring (bicyclic) bond motifs is 5. The first kappa shape index (κ1) is 25.8. The molecule has 0 saturated heterocycles. The highest BCUT2D eigenvalue weighted by Crippen LogP contribution is 2.24. The van der Waals surface area contributed by atoms with Crippen LogP contribution in [0.4, 0.5) is 0 Å². The number of ether oxygens (including phenoxy) is 1. The van der Waals surface area contributed by atoms with E-state index in [9.17, 15) is 14.4 Å². The molecule has 1 unspecified atom stereocenters. The second kappa shape index (κ2) is 12.6. The molecule has 2 aromatic rings. The number of nitrogens with one attached hydrogen (secondary N) is 2. The SMILES string of the molecule is CCOC(=O)C[C@@H](CC(C)C)C(=O)NC1Cc2cn(c3ccccc23)CCCCCCNC1=O. The third kappa shape index (κ3) is 7.08. The Hall–Kier alpha value is -2.83. The minimum atomic E-state index is -0.704. The molecular weight excluding hydrogens is 430 g/mol. The summed E-state index contributed by atoms with van der Waals surface area (Å²) in [5.41, 5.74) is 2.20. The van der Waals surface area contributed by atoms with Gasteiger partial charge < -0.3 is 19.9 Å².